The van der Waals surface area contributed by atoms with E-state index >= 15 is 0 Å². The van der Waals surface area contributed by atoms with Crippen molar-refractivity contribution in [1.82, 2.24) is 15.6 Å². The van der Waals surface area contributed by atoms with Crippen LogP contribution in [0.3, 0.4) is 0 Å². The van der Waals surface area contributed by atoms with Crippen molar-refractivity contribution in [3.63, 3.8) is 0 Å². The Morgan fingerprint density at radius 1 is 1.18 bits per heavy atom. The molecular formula is C20H15Cl2N3O2S. The van der Waals surface area contributed by atoms with E-state index in [-0.39, 0.29) is 11.0 Å². The number of rotatable bonds is 5. The molecule has 0 aliphatic rings. The molecule has 142 valence electrons. The second kappa shape index (κ2) is 9.50. The van der Waals surface area contributed by atoms with Gasteiger partial charge in [-0.25, -0.2) is 0 Å². The molecule has 8 heteroatoms. The number of nitrogens with one attached hydrogen (secondary N) is 2. The van der Waals surface area contributed by atoms with Crippen molar-refractivity contribution in [2.75, 3.05) is 0 Å². The van der Waals surface area contributed by atoms with Crippen molar-refractivity contribution in [3.05, 3.63) is 82.3 Å². The molecule has 2 N–H and O–H groups in total. The largest absolute Gasteiger partial charge is 0.457 e. The van der Waals surface area contributed by atoms with Gasteiger partial charge in [-0.3, -0.25) is 15.1 Å². The number of carbonyl (C=O) groups is 1. The van der Waals surface area contributed by atoms with Crippen LogP contribution in [-0.2, 0) is 11.3 Å². The van der Waals surface area contributed by atoms with Gasteiger partial charge in [0.15, 0.2) is 5.11 Å². The summed E-state index contributed by atoms with van der Waals surface area (Å²) in [5.41, 5.74) is 1.71. The molecule has 2 aromatic heterocycles. The first-order valence-electron chi connectivity index (χ1n) is 8.22. The third kappa shape index (κ3) is 5.92. The van der Waals surface area contributed by atoms with Crippen LogP contribution < -0.4 is 10.6 Å². The Labute approximate surface area is 177 Å². The predicted octanol–water partition coefficient (Wildman–Crippen LogP) is 4.85. The van der Waals surface area contributed by atoms with Crippen LogP contribution in [0.4, 0.5) is 0 Å². The molecule has 3 rings (SSSR count). The van der Waals surface area contributed by atoms with Crippen molar-refractivity contribution < 1.29 is 9.21 Å². The van der Waals surface area contributed by atoms with E-state index in [1.165, 1.54) is 6.08 Å². The van der Waals surface area contributed by atoms with Gasteiger partial charge in [-0.05, 0) is 60.3 Å². The van der Waals surface area contributed by atoms with E-state index < -0.39 is 0 Å². The van der Waals surface area contributed by atoms with Crippen LogP contribution in [0, 0.1) is 0 Å². The Bertz CT molecular complexity index is 999. The van der Waals surface area contributed by atoms with Crippen LogP contribution in [0.25, 0.3) is 17.4 Å². The Balaban J connectivity index is 1.54. The number of pyridine rings is 1. The molecule has 0 unspecified atom stereocenters. The van der Waals surface area contributed by atoms with Gasteiger partial charge in [-0.2, -0.15) is 0 Å². The first-order valence-corrected chi connectivity index (χ1v) is 9.38. The Morgan fingerprint density at radius 3 is 2.68 bits per heavy atom. The van der Waals surface area contributed by atoms with Crippen molar-refractivity contribution in [2.24, 2.45) is 0 Å². The van der Waals surface area contributed by atoms with Gasteiger partial charge in [0.25, 0.3) is 0 Å². The molecule has 5 nitrogen and oxygen atoms in total. The number of hydrogen-bond donors (Lipinski definition) is 2. The molecule has 2 heterocycles. The maximum Gasteiger partial charge on any atom is 0.250 e. The van der Waals surface area contributed by atoms with Crippen molar-refractivity contribution >= 4 is 52.5 Å². The highest BCUT2D eigenvalue weighted by Gasteiger charge is 2.07. The van der Waals surface area contributed by atoms with Gasteiger partial charge in [0, 0.05) is 40.6 Å². The maximum absolute atomic E-state index is 12.0. The second-order valence-electron chi connectivity index (χ2n) is 5.73. The van der Waals surface area contributed by atoms with Crippen LogP contribution in [0.2, 0.25) is 10.0 Å². The molecule has 28 heavy (non-hydrogen) atoms. The minimum atomic E-state index is -0.368. The molecule has 0 aliphatic carbocycles. The minimum Gasteiger partial charge on any atom is -0.457 e. The lowest BCUT2D eigenvalue weighted by molar-refractivity contribution is -0.115. The van der Waals surface area contributed by atoms with Crippen molar-refractivity contribution in [1.29, 1.82) is 0 Å². The number of benzene rings is 1. The Hall–Kier alpha value is -2.67. The molecule has 0 spiro atoms. The Kier molecular flexibility index (Phi) is 6.81. The number of thiocarbonyl (C=S) groups is 1. The first kappa shape index (κ1) is 20.1. The Morgan fingerprint density at radius 2 is 1.96 bits per heavy atom. The van der Waals surface area contributed by atoms with Gasteiger partial charge in [0.1, 0.15) is 11.5 Å². The van der Waals surface area contributed by atoms with E-state index in [1.807, 2.05) is 12.1 Å². The summed E-state index contributed by atoms with van der Waals surface area (Å²) >= 11 is 17.1. The quantitative estimate of drug-likeness (QED) is 0.446. The summed E-state index contributed by atoms with van der Waals surface area (Å²) in [6.45, 7) is 0.473. The zero-order chi connectivity index (χ0) is 19.9. The average molecular weight is 432 g/mol. The topological polar surface area (TPSA) is 67.2 Å². The fraction of sp³-hybridized carbons (Fsp3) is 0.0500. The number of furan rings is 1. The average Bonchev–Trinajstić information content (AvgIpc) is 3.14. The van der Waals surface area contributed by atoms with E-state index in [4.69, 9.17) is 39.8 Å². The summed E-state index contributed by atoms with van der Waals surface area (Å²) in [5, 5.41) is 6.77. The summed E-state index contributed by atoms with van der Waals surface area (Å²) in [4.78, 5) is 16.0. The molecule has 1 aromatic carbocycles. The summed E-state index contributed by atoms with van der Waals surface area (Å²) in [5.74, 6) is 0.737. The summed E-state index contributed by atoms with van der Waals surface area (Å²) in [6.07, 6.45) is 6.30. The van der Waals surface area contributed by atoms with Gasteiger partial charge in [0.2, 0.25) is 5.91 Å². The highest BCUT2D eigenvalue weighted by molar-refractivity contribution is 7.80. The number of halogens is 2. The fourth-order valence-corrected chi connectivity index (χ4v) is 3.03. The molecule has 0 fully saturated rings. The minimum absolute atomic E-state index is 0.229. The lowest BCUT2D eigenvalue weighted by Gasteiger charge is -2.07. The van der Waals surface area contributed by atoms with Gasteiger partial charge >= 0.3 is 0 Å². The van der Waals surface area contributed by atoms with Gasteiger partial charge in [0.05, 0.1) is 0 Å². The van der Waals surface area contributed by atoms with E-state index in [2.05, 4.69) is 15.6 Å². The molecule has 3 aromatic rings. The first-order chi connectivity index (χ1) is 13.5. The van der Waals surface area contributed by atoms with Crippen LogP contribution in [-0.4, -0.2) is 16.0 Å². The van der Waals surface area contributed by atoms with Gasteiger partial charge in [-0.1, -0.05) is 29.3 Å². The molecule has 0 saturated carbocycles. The monoisotopic (exact) mass is 431 g/mol. The predicted molar refractivity (Wildman–Crippen MR) is 115 cm³/mol. The number of nitrogens with zero attached hydrogens (tertiary/aromatic N) is 1. The second-order valence-corrected chi connectivity index (χ2v) is 7.01. The van der Waals surface area contributed by atoms with Crippen molar-refractivity contribution in [2.45, 2.75) is 6.54 Å². The zero-order valence-electron chi connectivity index (χ0n) is 14.5. The lowest BCUT2D eigenvalue weighted by Crippen LogP contribution is -2.37. The molecule has 1 amide bonds. The molecule has 0 radical (unpaired) electrons. The summed E-state index contributed by atoms with van der Waals surface area (Å²) < 4.78 is 5.70. The van der Waals surface area contributed by atoms with Crippen LogP contribution in [0.15, 0.2) is 65.4 Å². The van der Waals surface area contributed by atoms with Gasteiger partial charge < -0.3 is 9.73 Å². The smallest absolute Gasteiger partial charge is 0.250 e. The number of aromatic nitrogens is 1. The molecule has 0 atom stereocenters. The highest BCUT2D eigenvalue weighted by Crippen LogP contribution is 2.28. The van der Waals surface area contributed by atoms with E-state index in [9.17, 15) is 4.79 Å². The number of amides is 1. The van der Waals surface area contributed by atoms with E-state index in [0.717, 1.165) is 11.1 Å². The summed E-state index contributed by atoms with van der Waals surface area (Å²) in [6, 6.07) is 12.4. The van der Waals surface area contributed by atoms with Crippen LogP contribution in [0.5, 0.6) is 0 Å². The lowest BCUT2D eigenvalue weighted by atomic mass is 10.2. The van der Waals surface area contributed by atoms with E-state index in [1.54, 1.807) is 48.8 Å². The molecule has 0 aliphatic heterocycles. The zero-order valence-corrected chi connectivity index (χ0v) is 16.8. The highest BCUT2D eigenvalue weighted by atomic mass is 35.5. The molecule has 0 saturated heterocycles. The third-order valence-electron chi connectivity index (χ3n) is 3.59. The van der Waals surface area contributed by atoms with Crippen LogP contribution in [0.1, 0.15) is 11.3 Å². The maximum atomic E-state index is 12.0. The third-order valence-corrected chi connectivity index (χ3v) is 4.27. The van der Waals surface area contributed by atoms with Crippen LogP contribution >= 0.6 is 35.4 Å². The standard InChI is InChI=1S/C20H15Cl2N3O2S/c21-15-8-14(9-16(22)10-15)18-5-3-17(27-18)4-6-19(26)25-20(28)24-12-13-2-1-7-23-11-13/h1-11H,12H2,(H2,24,25,26,28)/b6-4+. The van der Waals surface area contributed by atoms with Gasteiger partial charge in [-0.15, -0.1) is 0 Å². The normalized spacial score (nSPS) is 10.8. The SMILES string of the molecule is O=C(/C=C/c1ccc(-c2cc(Cl)cc(Cl)c2)o1)NC(=S)NCc1cccnc1. The fourth-order valence-electron chi connectivity index (χ4n) is 2.33. The number of carbonyl (C=O) groups excluding carboxylic acids is 1. The van der Waals surface area contributed by atoms with Crippen molar-refractivity contribution in [3.8, 4) is 11.3 Å². The molecular weight excluding hydrogens is 417 g/mol. The number of hydrogen-bond acceptors (Lipinski definition) is 4. The molecule has 0 bridgehead atoms. The van der Waals surface area contributed by atoms with E-state index in [0.29, 0.717) is 28.1 Å². The summed E-state index contributed by atoms with van der Waals surface area (Å²) in [7, 11) is 0.